The van der Waals surface area contributed by atoms with Gasteiger partial charge in [-0.3, -0.25) is 9.78 Å². The highest BCUT2D eigenvalue weighted by Crippen LogP contribution is 2.27. The first-order chi connectivity index (χ1) is 13.3. The maximum atomic E-state index is 13.6. The number of aromatic nitrogens is 1. The Labute approximate surface area is 159 Å². The fourth-order valence-corrected chi connectivity index (χ4v) is 3.95. The monoisotopic (exact) mass is 366 g/mol. The Morgan fingerprint density at radius 2 is 1.81 bits per heavy atom. The van der Waals surface area contributed by atoms with E-state index in [1.807, 2.05) is 47.5 Å². The Hall–Kier alpha value is -2.32. The Bertz CT molecular complexity index is 756. The van der Waals surface area contributed by atoms with Crippen molar-refractivity contribution in [1.82, 2.24) is 31.8 Å². The van der Waals surface area contributed by atoms with E-state index < -0.39 is 0 Å². The van der Waals surface area contributed by atoms with E-state index in [1.165, 1.54) is 19.3 Å². The molecule has 1 amide bonds. The number of amides is 1. The van der Waals surface area contributed by atoms with Crippen LogP contribution in [0.2, 0.25) is 0 Å². The molecule has 0 unspecified atom stereocenters. The van der Waals surface area contributed by atoms with E-state index in [9.17, 15) is 4.79 Å². The molecule has 1 saturated carbocycles. The molecule has 27 heavy (non-hydrogen) atoms. The van der Waals surface area contributed by atoms with Crippen LogP contribution in [-0.2, 0) is 6.54 Å². The number of nitrogens with zero attached hydrogens (tertiary/aromatic N) is 2. The number of hydrogen-bond donors (Lipinski definition) is 4. The third-order valence-electron chi connectivity index (χ3n) is 5.35. The van der Waals surface area contributed by atoms with Crippen LogP contribution in [0, 0.1) is 0 Å². The Morgan fingerprint density at radius 3 is 2.56 bits per heavy atom. The van der Waals surface area contributed by atoms with E-state index in [4.69, 9.17) is 0 Å². The number of nitrogens with one attached hydrogen (secondary N) is 4. The summed E-state index contributed by atoms with van der Waals surface area (Å²) in [5.74, 6) is 0.0804. The van der Waals surface area contributed by atoms with Gasteiger partial charge in [0.1, 0.15) is 6.17 Å². The lowest BCUT2D eigenvalue weighted by atomic mass is 9.92. The van der Waals surface area contributed by atoms with Crippen molar-refractivity contribution >= 4 is 5.91 Å². The molecule has 142 valence electrons. The average molecular weight is 366 g/mol. The summed E-state index contributed by atoms with van der Waals surface area (Å²) < 4.78 is 0. The lowest BCUT2D eigenvalue weighted by Crippen LogP contribution is -2.42. The molecule has 0 bridgehead atoms. The molecular formula is C20H26N6O. The second-order valence-corrected chi connectivity index (χ2v) is 7.15. The van der Waals surface area contributed by atoms with Crippen molar-refractivity contribution in [1.29, 1.82) is 0 Å². The van der Waals surface area contributed by atoms with Crippen LogP contribution in [0.3, 0.4) is 0 Å². The molecule has 1 aliphatic heterocycles. The molecular weight excluding hydrogens is 340 g/mol. The number of pyridine rings is 1. The topological polar surface area (TPSA) is 81.3 Å². The molecule has 2 heterocycles. The van der Waals surface area contributed by atoms with E-state index in [2.05, 4.69) is 26.9 Å². The van der Waals surface area contributed by atoms with Gasteiger partial charge in [0.05, 0.1) is 0 Å². The second-order valence-electron chi connectivity index (χ2n) is 7.15. The molecule has 7 heteroatoms. The SMILES string of the molecule is O=C(c1ccccc1C1NNNN1)N(Cc1cccnc1)C1CCCCC1. The molecule has 1 aliphatic carbocycles. The Morgan fingerprint density at radius 1 is 1.04 bits per heavy atom. The molecule has 1 aromatic heterocycles. The van der Waals surface area contributed by atoms with Gasteiger partial charge in [-0.15, -0.1) is 0 Å². The highest BCUT2D eigenvalue weighted by Gasteiger charge is 2.29. The number of benzene rings is 1. The first-order valence-corrected chi connectivity index (χ1v) is 9.63. The Kier molecular flexibility index (Phi) is 5.74. The van der Waals surface area contributed by atoms with Crippen molar-refractivity contribution in [2.75, 3.05) is 0 Å². The van der Waals surface area contributed by atoms with Gasteiger partial charge in [0.15, 0.2) is 0 Å². The fraction of sp³-hybridized carbons (Fsp3) is 0.400. The third-order valence-corrected chi connectivity index (χ3v) is 5.35. The van der Waals surface area contributed by atoms with Gasteiger partial charge in [-0.1, -0.05) is 43.5 Å². The van der Waals surface area contributed by atoms with Crippen molar-refractivity contribution in [3.05, 3.63) is 65.5 Å². The normalized spacial score (nSPS) is 18.5. The van der Waals surface area contributed by atoms with Gasteiger partial charge in [0, 0.05) is 30.5 Å². The molecule has 1 saturated heterocycles. The Balaban J connectivity index is 1.64. The zero-order valence-corrected chi connectivity index (χ0v) is 15.3. The van der Waals surface area contributed by atoms with Crippen LogP contribution in [0.15, 0.2) is 48.8 Å². The highest BCUT2D eigenvalue weighted by molar-refractivity contribution is 5.96. The van der Waals surface area contributed by atoms with Crippen molar-refractivity contribution < 1.29 is 4.79 Å². The number of hydrazine groups is 3. The summed E-state index contributed by atoms with van der Waals surface area (Å²) in [4.78, 5) is 19.9. The summed E-state index contributed by atoms with van der Waals surface area (Å²) in [5.41, 5.74) is 14.5. The fourth-order valence-electron chi connectivity index (χ4n) is 3.95. The van der Waals surface area contributed by atoms with Crippen LogP contribution in [0.25, 0.3) is 0 Å². The first-order valence-electron chi connectivity index (χ1n) is 9.63. The molecule has 2 aliphatic rings. The van der Waals surface area contributed by atoms with Crippen molar-refractivity contribution in [2.24, 2.45) is 0 Å². The number of hydrogen-bond acceptors (Lipinski definition) is 6. The minimum Gasteiger partial charge on any atom is -0.331 e. The molecule has 7 nitrogen and oxygen atoms in total. The third kappa shape index (κ3) is 4.17. The van der Waals surface area contributed by atoms with Gasteiger partial charge in [-0.25, -0.2) is 10.9 Å². The molecule has 0 atom stereocenters. The van der Waals surface area contributed by atoms with Gasteiger partial charge in [0.2, 0.25) is 0 Å². The van der Waals surface area contributed by atoms with Gasteiger partial charge in [-0.05, 0) is 36.1 Å². The van der Waals surface area contributed by atoms with E-state index in [1.54, 1.807) is 6.20 Å². The largest absolute Gasteiger partial charge is 0.331 e. The first kappa shape index (κ1) is 18.1. The summed E-state index contributed by atoms with van der Waals surface area (Å²) in [6, 6.07) is 12.0. The molecule has 2 aromatic rings. The van der Waals surface area contributed by atoms with E-state index >= 15 is 0 Å². The predicted octanol–water partition coefficient (Wildman–Crippen LogP) is 2.17. The van der Waals surface area contributed by atoms with Crippen LogP contribution in [0.1, 0.15) is 59.8 Å². The van der Waals surface area contributed by atoms with E-state index in [-0.39, 0.29) is 18.1 Å². The minimum absolute atomic E-state index is 0.0804. The van der Waals surface area contributed by atoms with Crippen molar-refractivity contribution in [2.45, 2.75) is 50.9 Å². The summed E-state index contributed by atoms with van der Waals surface area (Å²) in [6.07, 6.45) is 9.21. The van der Waals surface area contributed by atoms with Crippen molar-refractivity contribution in [3.8, 4) is 0 Å². The lowest BCUT2D eigenvalue weighted by Gasteiger charge is -2.35. The zero-order chi connectivity index (χ0) is 18.5. The summed E-state index contributed by atoms with van der Waals surface area (Å²) >= 11 is 0. The molecule has 4 rings (SSSR count). The van der Waals surface area contributed by atoms with Crippen LogP contribution >= 0.6 is 0 Å². The number of carbonyl (C=O) groups is 1. The maximum absolute atomic E-state index is 13.6. The van der Waals surface area contributed by atoms with Gasteiger partial charge in [-0.2, -0.15) is 11.1 Å². The summed E-state index contributed by atoms with van der Waals surface area (Å²) in [5, 5.41) is 0. The quantitative estimate of drug-likeness (QED) is 0.649. The van der Waals surface area contributed by atoms with Gasteiger partial charge >= 0.3 is 0 Å². The predicted molar refractivity (Wildman–Crippen MR) is 103 cm³/mol. The number of carbonyl (C=O) groups excluding carboxylic acids is 1. The van der Waals surface area contributed by atoms with Crippen molar-refractivity contribution in [3.63, 3.8) is 0 Å². The molecule has 0 spiro atoms. The summed E-state index contributed by atoms with van der Waals surface area (Å²) in [7, 11) is 0. The average Bonchev–Trinajstić information content (AvgIpc) is 3.28. The van der Waals surface area contributed by atoms with Crippen LogP contribution in [0.4, 0.5) is 0 Å². The molecule has 4 N–H and O–H groups in total. The smallest absolute Gasteiger partial charge is 0.254 e. The second kappa shape index (κ2) is 8.58. The standard InChI is InChI=1S/C20H26N6O/c27-20(18-11-5-4-10-17(18)19-22-24-25-23-19)26(16-8-2-1-3-9-16)14-15-7-6-12-21-13-15/h4-7,10-13,16,19,22-25H,1-3,8-9,14H2. The lowest BCUT2D eigenvalue weighted by molar-refractivity contribution is 0.0612. The van der Waals surface area contributed by atoms with E-state index in [0.29, 0.717) is 6.54 Å². The van der Waals surface area contributed by atoms with Crippen LogP contribution < -0.4 is 21.9 Å². The zero-order valence-electron chi connectivity index (χ0n) is 15.3. The van der Waals surface area contributed by atoms with Crippen LogP contribution in [0.5, 0.6) is 0 Å². The molecule has 1 aromatic carbocycles. The summed E-state index contributed by atoms with van der Waals surface area (Å²) in [6.45, 7) is 0.591. The minimum atomic E-state index is -0.170. The molecule has 0 radical (unpaired) electrons. The molecule has 2 fully saturated rings. The maximum Gasteiger partial charge on any atom is 0.254 e. The highest BCUT2D eigenvalue weighted by atomic mass is 16.2. The van der Waals surface area contributed by atoms with E-state index in [0.717, 1.165) is 29.5 Å². The van der Waals surface area contributed by atoms with Crippen LogP contribution in [-0.4, -0.2) is 21.8 Å². The van der Waals surface area contributed by atoms with Gasteiger partial charge < -0.3 is 4.90 Å². The van der Waals surface area contributed by atoms with Gasteiger partial charge in [0.25, 0.3) is 5.91 Å². The number of rotatable bonds is 5.